The summed E-state index contributed by atoms with van der Waals surface area (Å²) >= 11 is 0. The summed E-state index contributed by atoms with van der Waals surface area (Å²) in [6.07, 6.45) is 0.616. The van der Waals surface area contributed by atoms with Crippen LogP contribution in [0.4, 0.5) is 10.5 Å². The SMILES string of the molecule is CCc1ccc2c(c1)NC(=O)OC2. The first-order valence-electron chi connectivity index (χ1n) is 4.35. The van der Waals surface area contributed by atoms with Gasteiger partial charge in [-0.2, -0.15) is 0 Å². The number of hydrogen-bond acceptors (Lipinski definition) is 2. The third-order valence-corrected chi connectivity index (χ3v) is 2.18. The molecule has 0 fully saturated rings. The molecule has 3 heteroatoms. The molecular formula is C10H11NO2. The second kappa shape index (κ2) is 3.09. The standard InChI is InChI=1S/C10H11NO2/c1-2-7-3-4-8-6-13-10(12)11-9(8)5-7/h3-5H,2,6H2,1H3,(H,11,12). The van der Waals surface area contributed by atoms with Gasteiger partial charge in [0.05, 0.1) is 5.69 Å². The number of benzene rings is 1. The van der Waals surface area contributed by atoms with E-state index < -0.39 is 0 Å². The quantitative estimate of drug-likeness (QED) is 0.714. The van der Waals surface area contributed by atoms with Gasteiger partial charge in [0.15, 0.2) is 0 Å². The van der Waals surface area contributed by atoms with Gasteiger partial charge in [0.25, 0.3) is 0 Å². The van der Waals surface area contributed by atoms with E-state index in [1.807, 2.05) is 12.1 Å². The molecule has 1 N–H and O–H groups in total. The Morgan fingerprint density at radius 1 is 1.54 bits per heavy atom. The minimum absolute atomic E-state index is 0.360. The van der Waals surface area contributed by atoms with Crippen molar-refractivity contribution in [1.82, 2.24) is 0 Å². The lowest BCUT2D eigenvalue weighted by molar-refractivity contribution is 0.151. The Morgan fingerprint density at radius 3 is 3.15 bits per heavy atom. The maximum absolute atomic E-state index is 10.9. The van der Waals surface area contributed by atoms with Gasteiger partial charge in [-0.3, -0.25) is 5.32 Å². The highest BCUT2D eigenvalue weighted by Gasteiger charge is 2.14. The number of aryl methyl sites for hydroxylation is 1. The van der Waals surface area contributed by atoms with Crippen molar-refractivity contribution < 1.29 is 9.53 Å². The fraction of sp³-hybridized carbons (Fsp3) is 0.300. The third-order valence-electron chi connectivity index (χ3n) is 2.18. The van der Waals surface area contributed by atoms with Crippen LogP contribution in [0.1, 0.15) is 18.1 Å². The number of cyclic esters (lactones) is 1. The van der Waals surface area contributed by atoms with E-state index in [0.29, 0.717) is 6.61 Å². The van der Waals surface area contributed by atoms with Crippen LogP contribution in [0.5, 0.6) is 0 Å². The van der Waals surface area contributed by atoms with Gasteiger partial charge < -0.3 is 4.74 Å². The van der Waals surface area contributed by atoms with Gasteiger partial charge in [-0.1, -0.05) is 19.1 Å². The maximum atomic E-state index is 10.9. The number of amides is 1. The van der Waals surface area contributed by atoms with Crippen molar-refractivity contribution in [2.75, 3.05) is 5.32 Å². The summed E-state index contributed by atoms with van der Waals surface area (Å²) < 4.78 is 4.83. The number of ether oxygens (including phenoxy) is 1. The van der Waals surface area contributed by atoms with Crippen molar-refractivity contribution in [3.8, 4) is 0 Å². The zero-order valence-electron chi connectivity index (χ0n) is 7.46. The van der Waals surface area contributed by atoms with E-state index >= 15 is 0 Å². The molecular weight excluding hydrogens is 166 g/mol. The molecule has 0 unspecified atom stereocenters. The smallest absolute Gasteiger partial charge is 0.411 e. The average molecular weight is 177 g/mol. The lowest BCUT2D eigenvalue weighted by atomic mass is 10.1. The van der Waals surface area contributed by atoms with Crippen LogP contribution in [0.25, 0.3) is 0 Å². The normalized spacial score (nSPS) is 14.4. The predicted molar refractivity (Wildman–Crippen MR) is 49.6 cm³/mol. The molecule has 0 aliphatic carbocycles. The number of hydrogen-bond donors (Lipinski definition) is 1. The monoisotopic (exact) mass is 177 g/mol. The van der Waals surface area contributed by atoms with Crippen LogP contribution >= 0.6 is 0 Å². The van der Waals surface area contributed by atoms with Gasteiger partial charge in [0.2, 0.25) is 0 Å². The molecule has 2 rings (SSSR count). The molecule has 0 aromatic heterocycles. The van der Waals surface area contributed by atoms with E-state index in [9.17, 15) is 4.79 Å². The molecule has 0 atom stereocenters. The molecule has 0 bridgehead atoms. The van der Waals surface area contributed by atoms with Crippen LogP contribution < -0.4 is 5.32 Å². The second-order valence-corrected chi connectivity index (χ2v) is 3.05. The van der Waals surface area contributed by atoms with E-state index in [2.05, 4.69) is 18.3 Å². The summed E-state index contributed by atoms with van der Waals surface area (Å²) in [6, 6.07) is 6.04. The maximum Gasteiger partial charge on any atom is 0.411 e. The summed E-state index contributed by atoms with van der Waals surface area (Å²) in [7, 11) is 0. The topological polar surface area (TPSA) is 38.3 Å². The molecule has 1 aromatic carbocycles. The summed E-state index contributed by atoms with van der Waals surface area (Å²) in [6.45, 7) is 2.47. The van der Waals surface area contributed by atoms with Gasteiger partial charge in [-0.15, -0.1) is 0 Å². The largest absolute Gasteiger partial charge is 0.444 e. The van der Waals surface area contributed by atoms with Crippen molar-refractivity contribution in [1.29, 1.82) is 0 Å². The zero-order chi connectivity index (χ0) is 9.26. The summed E-state index contributed by atoms with van der Waals surface area (Å²) in [5.74, 6) is 0. The molecule has 1 aromatic rings. The third kappa shape index (κ3) is 1.49. The fourth-order valence-corrected chi connectivity index (χ4v) is 1.38. The molecule has 0 saturated heterocycles. The molecule has 13 heavy (non-hydrogen) atoms. The molecule has 1 aliphatic rings. The van der Waals surface area contributed by atoms with Crippen molar-refractivity contribution in [3.63, 3.8) is 0 Å². The predicted octanol–water partition coefficient (Wildman–Crippen LogP) is 2.31. The van der Waals surface area contributed by atoms with Crippen molar-refractivity contribution in [2.45, 2.75) is 20.0 Å². The number of carbonyl (C=O) groups excluding carboxylic acids is 1. The van der Waals surface area contributed by atoms with Crippen molar-refractivity contribution in [3.05, 3.63) is 29.3 Å². The second-order valence-electron chi connectivity index (χ2n) is 3.05. The van der Waals surface area contributed by atoms with Crippen LogP contribution in [0.2, 0.25) is 0 Å². The number of nitrogens with one attached hydrogen (secondary N) is 1. The average Bonchev–Trinajstić information content (AvgIpc) is 2.16. The summed E-state index contributed by atoms with van der Waals surface area (Å²) in [5, 5.41) is 2.67. The Morgan fingerprint density at radius 2 is 2.38 bits per heavy atom. The zero-order valence-corrected chi connectivity index (χ0v) is 7.46. The van der Waals surface area contributed by atoms with Gasteiger partial charge >= 0.3 is 6.09 Å². The first-order chi connectivity index (χ1) is 6.29. The lowest BCUT2D eigenvalue weighted by Crippen LogP contribution is -2.20. The Hall–Kier alpha value is -1.51. The van der Waals surface area contributed by atoms with E-state index in [0.717, 1.165) is 17.7 Å². The first kappa shape index (κ1) is 8.10. The summed E-state index contributed by atoms with van der Waals surface area (Å²) in [5.41, 5.74) is 3.15. The van der Waals surface area contributed by atoms with E-state index in [1.54, 1.807) is 0 Å². The Kier molecular flexibility index (Phi) is 1.93. The lowest BCUT2D eigenvalue weighted by Gasteiger charge is -2.17. The Bertz CT molecular complexity index is 347. The number of anilines is 1. The molecule has 0 spiro atoms. The van der Waals surface area contributed by atoms with E-state index in [4.69, 9.17) is 4.74 Å². The highest BCUT2D eigenvalue weighted by atomic mass is 16.5. The van der Waals surface area contributed by atoms with E-state index in [1.165, 1.54) is 5.56 Å². The van der Waals surface area contributed by atoms with Gasteiger partial charge in [-0.25, -0.2) is 4.79 Å². The van der Waals surface area contributed by atoms with Crippen LogP contribution in [0, 0.1) is 0 Å². The van der Waals surface area contributed by atoms with Crippen LogP contribution in [0.15, 0.2) is 18.2 Å². The Balaban J connectivity index is 2.38. The highest BCUT2D eigenvalue weighted by Crippen LogP contribution is 2.22. The minimum atomic E-state index is -0.360. The molecule has 68 valence electrons. The first-order valence-corrected chi connectivity index (χ1v) is 4.35. The highest BCUT2D eigenvalue weighted by molar-refractivity contribution is 5.87. The van der Waals surface area contributed by atoms with E-state index in [-0.39, 0.29) is 6.09 Å². The van der Waals surface area contributed by atoms with Crippen molar-refractivity contribution in [2.24, 2.45) is 0 Å². The minimum Gasteiger partial charge on any atom is -0.444 e. The molecule has 3 nitrogen and oxygen atoms in total. The molecule has 1 heterocycles. The molecule has 0 radical (unpaired) electrons. The van der Waals surface area contributed by atoms with Crippen LogP contribution in [-0.2, 0) is 17.8 Å². The number of rotatable bonds is 1. The number of fused-ring (bicyclic) bond motifs is 1. The van der Waals surface area contributed by atoms with Crippen LogP contribution in [-0.4, -0.2) is 6.09 Å². The van der Waals surface area contributed by atoms with Crippen LogP contribution in [0.3, 0.4) is 0 Å². The molecule has 0 saturated carbocycles. The van der Waals surface area contributed by atoms with Gasteiger partial charge in [0.1, 0.15) is 6.61 Å². The molecule has 1 aliphatic heterocycles. The Labute approximate surface area is 76.7 Å². The summed E-state index contributed by atoms with van der Waals surface area (Å²) in [4.78, 5) is 10.9. The number of carbonyl (C=O) groups is 1. The van der Waals surface area contributed by atoms with Gasteiger partial charge in [0, 0.05) is 5.56 Å². The molecule has 1 amide bonds. The van der Waals surface area contributed by atoms with Crippen molar-refractivity contribution >= 4 is 11.8 Å². The van der Waals surface area contributed by atoms with Gasteiger partial charge in [-0.05, 0) is 18.1 Å². The fourth-order valence-electron chi connectivity index (χ4n) is 1.38.